The van der Waals surface area contributed by atoms with Gasteiger partial charge in [0.05, 0.1) is 15.3 Å². The maximum Gasteiger partial charge on any atom is 0.338 e. The van der Waals surface area contributed by atoms with Gasteiger partial charge in [-0.1, -0.05) is 36.4 Å². The molecule has 40 heavy (non-hydrogen) atoms. The van der Waals surface area contributed by atoms with Gasteiger partial charge in [0, 0.05) is 18.1 Å². The number of esters is 2. The lowest BCUT2D eigenvalue weighted by Crippen LogP contribution is -2.26. The molecule has 0 spiro atoms. The van der Waals surface area contributed by atoms with Crippen LogP contribution in [0.15, 0.2) is 82.3 Å². The predicted octanol–water partition coefficient (Wildman–Crippen LogP) is 4.77. The molecule has 2 aromatic heterocycles. The number of carbonyl (C=O) groups is 3. The van der Waals surface area contributed by atoms with E-state index in [4.69, 9.17) is 14.2 Å². The third-order valence-electron chi connectivity index (χ3n) is 6.00. The van der Waals surface area contributed by atoms with Crippen molar-refractivity contribution in [3.05, 3.63) is 93.4 Å². The summed E-state index contributed by atoms with van der Waals surface area (Å²) >= 11 is 6.82. The number of imidazole rings is 1. The highest BCUT2D eigenvalue weighted by Crippen LogP contribution is 2.42. The van der Waals surface area contributed by atoms with Crippen molar-refractivity contribution in [2.75, 3.05) is 11.9 Å². The fourth-order valence-corrected chi connectivity index (χ4v) is 5.19. The standard InChI is InChI=1S/C27H21Br2N5O6/c1-15(35)39-21-19(22(28)29)18(12-38-27(37)17-10-6-3-7-11-17)40-26(21)34-14-32-20-23(30-13-31-24(20)34)33-25(36)16-8-4-2-5-9-16/h2-11,13-14,18,21,26H,12H2,1H3,(H,30,31,33,36). The van der Waals surface area contributed by atoms with Gasteiger partial charge in [0.2, 0.25) is 0 Å². The number of rotatable bonds is 7. The first kappa shape index (κ1) is 27.6. The van der Waals surface area contributed by atoms with Gasteiger partial charge in [-0.05, 0) is 56.1 Å². The number of ether oxygens (including phenoxy) is 3. The summed E-state index contributed by atoms with van der Waals surface area (Å²) in [5.74, 6) is -1.24. The lowest BCUT2D eigenvalue weighted by Gasteiger charge is -2.20. The van der Waals surface area contributed by atoms with E-state index >= 15 is 0 Å². The number of hydrogen-bond donors (Lipinski definition) is 1. The Morgan fingerprint density at radius 1 is 0.975 bits per heavy atom. The molecular formula is C27H21Br2N5O6. The zero-order chi connectivity index (χ0) is 28.2. The molecule has 1 saturated heterocycles. The van der Waals surface area contributed by atoms with Crippen LogP contribution in [0.2, 0.25) is 0 Å². The van der Waals surface area contributed by atoms with E-state index in [-0.39, 0.29) is 18.3 Å². The molecular weight excluding hydrogens is 650 g/mol. The lowest BCUT2D eigenvalue weighted by atomic mass is 10.1. The third kappa shape index (κ3) is 5.81. The number of benzene rings is 2. The van der Waals surface area contributed by atoms with Crippen LogP contribution in [0.1, 0.15) is 33.9 Å². The monoisotopic (exact) mass is 669 g/mol. The molecule has 3 heterocycles. The van der Waals surface area contributed by atoms with Crippen molar-refractivity contribution in [2.45, 2.75) is 25.4 Å². The number of nitrogens with one attached hydrogen (secondary N) is 1. The molecule has 2 aromatic carbocycles. The van der Waals surface area contributed by atoms with Gasteiger partial charge in [-0.25, -0.2) is 19.7 Å². The summed E-state index contributed by atoms with van der Waals surface area (Å²) in [4.78, 5) is 50.4. The molecule has 1 fully saturated rings. The number of halogens is 2. The maximum atomic E-state index is 12.7. The zero-order valence-electron chi connectivity index (χ0n) is 20.9. The minimum absolute atomic E-state index is 0.155. The Labute approximate surface area is 244 Å². The van der Waals surface area contributed by atoms with Gasteiger partial charge in [0.15, 0.2) is 29.3 Å². The molecule has 11 nitrogen and oxygen atoms in total. The summed E-state index contributed by atoms with van der Waals surface area (Å²) in [6.45, 7) is 1.13. The van der Waals surface area contributed by atoms with E-state index in [9.17, 15) is 14.4 Å². The second-order valence-corrected chi connectivity index (χ2v) is 11.2. The minimum Gasteiger partial charge on any atom is -0.459 e. The second kappa shape index (κ2) is 12.1. The summed E-state index contributed by atoms with van der Waals surface area (Å²) in [5, 5.41) is 2.76. The summed E-state index contributed by atoms with van der Waals surface area (Å²) in [6, 6.07) is 17.2. The second-order valence-electron chi connectivity index (χ2n) is 8.59. The topological polar surface area (TPSA) is 135 Å². The van der Waals surface area contributed by atoms with Crippen molar-refractivity contribution >= 4 is 66.7 Å². The first-order valence-electron chi connectivity index (χ1n) is 12.0. The van der Waals surface area contributed by atoms with E-state index < -0.39 is 30.4 Å². The Balaban J connectivity index is 1.45. The number of fused-ring (bicyclic) bond motifs is 1. The van der Waals surface area contributed by atoms with E-state index in [0.29, 0.717) is 31.3 Å². The van der Waals surface area contributed by atoms with E-state index in [0.717, 1.165) is 0 Å². The van der Waals surface area contributed by atoms with Crippen molar-refractivity contribution in [3.8, 4) is 0 Å². The molecule has 3 atom stereocenters. The first-order valence-corrected chi connectivity index (χ1v) is 13.6. The summed E-state index contributed by atoms with van der Waals surface area (Å²) in [5.41, 5.74) is 1.98. The normalized spacial score (nSPS) is 18.4. The molecule has 1 N–H and O–H groups in total. The van der Waals surface area contributed by atoms with Crippen molar-refractivity contribution in [1.82, 2.24) is 19.5 Å². The number of hydrogen-bond acceptors (Lipinski definition) is 9. The van der Waals surface area contributed by atoms with Crippen LogP contribution < -0.4 is 5.32 Å². The third-order valence-corrected chi connectivity index (χ3v) is 6.92. The van der Waals surface area contributed by atoms with Crippen LogP contribution in [0.25, 0.3) is 11.2 Å². The molecule has 13 heteroatoms. The van der Waals surface area contributed by atoms with Gasteiger partial charge in [-0.3, -0.25) is 14.2 Å². The maximum absolute atomic E-state index is 12.7. The fraction of sp³-hybridized carbons (Fsp3) is 0.185. The van der Waals surface area contributed by atoms with Crippen LogP contribution in [0.3, 0.4) is 0 Å². The van der Waals surface area contributed by atoms with Crippen LogP contribution in [0.4, 0.5) is 5.82 Å². The van der Waals surface area contributed by atoms with E-state index in [1.54, 1.807) is 59.2 Å². The van der Waals surface area contributed by atoms with Crippen LogP contribution in [-0.2, 0) is 19.0 Å². The quantitative estimate of drug-likeness (QED) is 0.276. The molecule has 204 valence electrons. The average Bonchev–Trinajstić information content (AvgIpc) is 3.54. The van der Waals surface area contributed by atoms with Gasteiger partial charge in [-0.2, -0.15) is 0 Å². The predicted molar refractivity (Wildman–Crippen MR) is 151 cm³/mol. The first-order chi connectivity index (χ1) is 19.3. The van der Waals surface area contributed by atoms with Crippen LogP contribution in [-0.4, -0.2) is 56.2 Å². The largest absolute Gasteiger partial charge is 0.459 e. The molecule has 0 bridgehead atoms. The molecule has 3 unspecified atom stereocenters. The molecule has 1 amide bonds. The Hall–Kier alpha value is -3.94. The van der Waals surface area contributed by atoms with E-state index in [1.807, 2.05) is 6.07 Å². The Kier molecular flexibility index (Phi) is 8.33. The number of anilines is 1. The van der Waals surface area contributed by atoms with Crippen molar-refractivity contribution < 1.29 is 28.6 Å². The highest BCUT2D eigenvalue weighted by molar-refractivity contribution is 9.28. The van der Waals surface area contributed by atoms with Gasteiger partial charge in [-0.15, -0.1) is 0 Å². The Bertz CT molecular complexity index is 1590. The van der Waals surface area contributed by atoms with Gasteiger partial charge < -0.3 is 19.5 Å². The van der Waals surface area contributed by atoms with Crippen LogP contribution in [0, 0.1) is 0 Å². The van der Waals surface area contributed by atoms with Gasteiger partial charge >= 0.3 is 11.9 Å². The fourth-order valence-electron chi connectivity index (χ4n) is 4.23. The smallest absolute Gasteiger partial charge is 0.338 e. The summed E-state index contributed by atoms with van der Waals surface area (Å²) in [6.07, 6.45) is 0.0972. The molecule has 4 aromatic rings. The molecule has 0 aliphatic carbocycles. The van der Waals surface area contributed by atoms with Crippen LogP contribution in [0.5, 0.6) is 0 Å². The van der Waals surface area contributed by atoms with Crippen LogP contribution >= 0.6 is 31.9 Å². The number of amides is 1. The van der Waals surface area contributed by atoms with Crippen molar-refractivity contribution in [2.24, 2.45) is 0 Å². The highest BCUT2D eigenvalue weighted by atomic mass is 79.9. The molecule has 1 aliphatic heterocycles. The van der Waals surface area contributed by atoms with E-state index in [2.05, 4.69) is 52.1 Å². The Morgan fingerprint density at radius 3 is 2.30 bits per heavy atom. The Morgan fingerprint density at radius 2 is 1.65 bits per heavy atom. The highest BCUT2D eigenvalue weighted by Gasteiger charge is 2.46. The number of carbonyl (C=O) groups excluding carboxylic acids is 3. The molecule has 0 saturated carbocycles. The zero-order valence-corrected chi connectivity index (χ0v) is 24.0. The molecule has 5 rings (SSSR count). The van der Waals surface area contributed by atoms with Crippen molar-refractivity contribution in [1.29, 1.82) is 0 Å². The SMILES string of the molecule is CC(=O)OC1C(=C(Br)Br)C(COC(=O)c2ccccc2)OC1n1cnc2c(NC(=O)c3ccccc3)ncnc21. The summed E-state index contributed by atoms with van der Waals surface area (Å²) < 4.78 is 19.5. The minimum atomic E-state index is -0.929. The average molecular weight is 671 g/mol. The molecule has 1 aliphatic rings. The molecule has 0 radical (unpaired) electrons. The van der Waals surface area contributed by atoms with Crippen molar-refractivity contribution in [3.63, 3.8) is 0 Å². The van der Waals surface area contributed by atoms with E-state index in [1.165, 1.54) is 19.6 Å². The number of nitrogens with zero attached hydrogens (tertiary/aromatic N) is 4. The number of aromatic nitrogens is 4. The van der Waals surface area contributed by atoms with Gasteiger partial charge in [0.1, 0.15) is 19.0 Å². The summed E-state index contributed by atoms with van der Waals surface area (Å²) in [7, 11) is 0. The lowest BCUT2D eigenvalue weighted by molar-refractivity contribution is -0.151. The van der Waals surface area contributed by atoms with Gasteiger partial charge in [0.25, 0.3) is 5.91 Å².